The molecule has 0 aromatic heterocycles. The lowest BCUT2D eigenvalue weighted by atomic mass is 9.81. The number of nitrogens with zero attached hydrogens (tertiary/aromatic N) is 1. The van der Waals surface area contributed by atoms with Crippen LogP contribution in [0.15, 0.2) is 18.2 Å². The predicted octanol–water partition coefficient (Wildman–Crippen LogP) is 4.20. The van der Waals surface area contributed by atoms with Gasteiger partial charge in [-0.3, -0.25) is 0 Å². The molecule has 1 aliphatic carbocycles. The van der Waals surface area contributed by atoms with Crippen molar-refractivity contribution in [1.82, 2.24) is 0 Å². The third-order valence-electron chi connectivity index (χ3n) is 5.61. The van der Waals surface area contributed by atoms with Crippen LogP contribution in [0.4, 0.5) is 14.5 Å². The molecule has 0 amide bonds. The molecular formula is C19H27F2NO2. The number of hydrogen-bond acceptors (Lipinski definition) is 3. The second-order valence-corrected chi connectivity index (χ2v) is 7.17. The SMILES string of the molecule is COc1ccc(C2CCC(F)(F)CC2)c(N2CCC(CO)CC2)c1. The van der Waals surface area contributed by atoms with Crippen molar-refractivity contribution in [2.45, 2.75) is 50.4 Å². The van der Waals surface area contributed by atoms with Gasteiger partial charge in [0, 0.05) is 44.3 Å². The van der Waals surface area contributed by atoms with Crippen molar-refractivity contribution in [2.75, 3.05) is 31.7 Å². The summed E-state index contributed by atoms with van der Waals surface area (Å²) in [7, 11) is 1.65. The summed E-state index contributed by atoms with van der Waals surface area (Å²) in [6, 6.07) is 6.04. The second kappa shape index (κ2) is 7.26. The molecule has 1 saturated carbocycles. The molecule has 1 saturated heterocycles. The number of piperidine rings is 1. The fourth-order valence-corrected chi connectivity index (χ4v) is 3.98. The average Bonchev–Trinajstić information content (AvgIpc) is 2.61. The van der Waals surface area contributed by atoms with Gasteiger partial charge in [-0.05, 0) is 49.1 Å². The molecule has 5 heteroatoms. The molecule has 1 heterocycles. The van der Waals surface area contributed by atoms with E-state index in [0.29, 0.717) is 18.8 Å². The predicted molar refractivity (Wildman–Crippen MR) is 91.2 cm³/mol. The zero-order valence-electron chi connectivity index (χ0n) is 14.3. The minimum Gasteiger partial charge on any atom is -0.497 e. The van der Waals surface area contributed by atoms with E-state index in [0.717, 1.165) is 37.4 Å². The Bertz CT molecular complexity index is 546. The lowest BCUT2D eigenvalue weighted by molar-refractivity contribution is -0.0382. The number of benzene rings is 1. The Balaban J connectivity index is 1.81. The van der Waals surface area contributed by atoms with Crippen LogP contribution in [0, 0.1) is 5.92 Å². The van der Waals surface area contributed by atoms with Crippen molar-refractivity contribution in [1.29, 1.82) is 0 Å². The van der Waals surface area contributed by atoms with Gasteiger partial charge in [0.05, 0.1) is 7.11 Å². The van der Waals surface area contributed by atoms with E-state index >= 15 is 0 Å². The van der Waals surface area contributed by atoms with Gasteiger partial charge in [0.2, 0.25) is 5.92 Å². The molecule has 1 aromatic rings. The molecule has 134 valence electrons. The minimum absolute atomic E-state index is 0.0181. The quantitative estimate of drug-likeness (QED) is 0.892. The molecule has 1 N–H and O–H groups in total. The van der Waals surface area contributed by atoms with Crippen LogP contribution in [0.1, 0.15) is 50.0 Å². The number of hydrogen-bond donors (Lipinski definition) is 1. The first kappa shape index (κ1) is 17.5. The second-order valence-electron chi connectivity index (χ2n) is 7.17. The van der Waals surface area contributed by atoms with Gasteiger partial charge in [-0.15, -0.1) is 0 Å². The highest BCUT2D eigenvalue weighted by atomic mass is 19.3. The summed E-state index contributed by atoms with van der Waals surface area (Å²) in [6.45, 7) is 2.04. The molecule has 0 atom stereocenters. The summed E-state index contributed by atoms with van der Waals surface area (Å²) in [5, 5.41) is 9.33. The van der Waals surface area contributed by atoms with Gasteiger partial charge in [-0.1, -0.05) is 6.07 Å². The van der Waals surface area contributed by atoms with Crippen LogP contribution in [-0.4, -0.2) is 37.8 Å². The Hall–Kier alpha value is -1.36. The minimum atomic E-state index is -2.50. The molecule has 1 aliphatic heterocycles. The van der Waals surface area contributed by atoms with E-state index in [1.165, 1.54) is 5.56 Å². The van der Waals surface area contributed by atoms with E-state index in [1.54, 1.807) is 7.11 Å². The third kappa shape index (κ3) is 3.82. The Morgan fingerprint density at radius 3 is 2.42 bits per heavy atom. The largest absolute Gasteiger partial charge is 0.497 e. The summed E-state index contributed by atoms with van der Waals surface area (Å²) in [4.78, 5) is 2.33. The van der Waals surface area contributed by atoms with Crippen LogP contribution >= 0.6 is 0 Å². The number of aliphatic hydroxyl groups excluding tert-OH is 1. The van der Waals surface area contributed by atoms with E-state index in [9.17, 15) is 13.9 Å². The van der Waals surface area contributed by atoms with Crippen molar-refractivity contribution < 1.29 is 18.6 Å². The number of ether oxygens (including phenoxy) is 1. The smallest absolute Gasteiger partial charge is 0.248 e. The summed E-state index contributed by atoms with van der Waals surface area (Å²) in [5.41, 5.74) is 2.30. The highest BCUT2D eigenvalue weighted by molar-refractivity contribution is 5.59. The molecule has 2 fully saturated rings. The monoisotopic (exact) mass is 339 g/mol. The highest BCUT2D eigenvalue weighted by Crippen LogP contribution is 2.44. The van der Waals surface area contributed by atoms with Gasteiger partial charge in [0.15, 0.2) is 0 Å². The Kier molecular flexibility index (Phi) is 5.28. The lowest BCUT2D eigenvalue weighted by Crippen LogP contribution is -2.35. The number of alkyl halides is 2. The van der Waals surface area contributed by atoms with Gasteiger partial charge in [0.1, 0.15) is 5.75 Å². The Morgan fingerprint density at radius 1 is 1.17 bits per heavy atom. The molecule has 24 heavy (non-hydrogen) atoms. The maximum absolute atomic E-state index is 13.5. The van der Waals surface area contributed by atoms with Gasteiger partial charge < -0.3 is 14.7 Å². The molecule has 0 radical (unpaired) electrons. The third-order valence-corrected chi connectivity index (χ3v) is 5.61. The topological polar surface area (TPSA) is 32.7 Å². The highest BCUT2D eigenvalue weighted by Gasteiger charge is 2.36. The van der Waals surface area contributed by atoms with Crippen molar-refractivity contribution in [2.24, 2.45) is 5.92 Å². The Morgan fingerprint density at radius 2 is 1.83 bits per heavy atom. The number of rotatable bonds is 4. The summed E-state index contributed by atoms with van der Waals surface area (Å²) in [5.74, 6) is -1.12. The molecule has 0 bridgehead atoms. The first-order valence-electron chi connectivity index (χ1n) is 8.94. The van der Waals surface area contributed by atoms with Gasteiger partial charge in [-0.25, -0.2) is 8.78 Å². The zero-order chi connectivity index (χ0) is 17.2. The zero-order valence-corrected chi connectivity index (χ0v) is 14.3. The summed E-state index contributed by atoms with van der Waals surface area (Å²) in [6.07, 6.45) is 2.98. The fourth-order valence-electron chi connectivity index (χ4n) is 3.98. The molecule has 3 nitrogen and oxygen atoms in total. The number of methoxy groups -OCH3 is 1. The van der Waals surface area contributed by atoms with Crippen molar-refractivity contribution in [3.8, 4) is 5.75 Å². The normalized spacial score (nSPS) is 22.6. The molecular weight excluding hydrogens is 312 g/mol. The standard InChI is InChI=1S/C19H27F2NO2/c1-24-16-2-3-17(15-4-8-19(20,21)9-5-15)18(12-16)22-10-6-14(13-23)7-11-22/h2-3,12,14-15,23H,4-11,13H2,1H3. The molecule has 0 spiro atoms. The van der Waals surface area contributed by atoms with Gasteiger partial charge >= 0.3 is 0 Å². The van der Waals surface area contributed by atoms with Crippen LogP contribution in [0.3, 0.4) is 0 Å². The van der Waals surface area contributed by atoms with Crippen LogP contribution in [-0.2, 0) is 0 Å². The first-order chi connectivity index (χ1) is 11.5. The van der Waals surface area contributed by atoms with Gasteiger partial charge in [-0.2, -0.15) is 0 Å². The number of halogens is 2. The summed E-state index contributed by atoms with van der Waals surface area (Å²) < 4.78 is 32.4. The van der Waals surface area contributed by atoms with Crippen LogP contribution in [0.5, 0.6) is 5.75 Å². The summed E-state index contributed by atoms with van der Waals surface area (Å²) >= 11 is 0. The van der Waals surface area contributed by atoms with Crippen molar-refractivity contribution in [3.63, 3.8) is 0 Å². The van der Waals surface area contributed by atoms with Crippen LogP contribution in [0.2, 0.25) is 0 Å². The number of anilines is 1. The van der Waals surface area contributed by atoms with Gasteiger partial charge in [0.25, 0.3) is 0 Å². The fraction of sp³-hybridized carbons (Fsp3) is 0.684. The van der Waals surface area contributed by atoms with Crippen molar-refractivity contribution >= 4 is 5.69 Å². The van der Waals surface area contributed by atoms with E-state index in [4.69, 9.17) is 4.74 Å². The molecule has 2 aliphatic rings. The van der Waals surface area contributed by atoms with E-state index in [1.807, 2.05) is 12.1 Å². The van der Waals surface area contributed by atoms with E-state index in [-0.39, 0.29) is 25.4 Å². The molecule has 1 aromatic carbocycles. The van der Waals surface area contributed by atoms with E-state index in [2.05, 4.69) is 11.0 Å². The average molecular weight is 339 g/mol. The maximum atomic E-state index is 13.5. The Labute approximate surface area is 142 Å². The first-order valence-corrected chi connectivity index (χ1v) is 8.94. The van der Waals surface area contributed by atoms with Crippen LogP contribution < -0.4 is 9.64 Å². The van der Waals surface area contributed by atoms with Crippen molar-refractivity contribution in [3.05, 3.63) is 23.8 Å². The van der Waals surface area contributed by atoms with Crippen LogP contribution in [0.25, 0.3) is 0 Å². The molecule has 0 unspecified atom stereocenters. The molecule has 3 rings (SSSR count). The number of aliphatic hydroxyl groups is 1. The lowest BCUT2D eigenvalue weighted by Gasteiger charge is -2.37. The maximum Gasteiger partial charge on any atom is 0.248 e. The van der Waals surface area contributed by atoms with E-state index < -0.39 is 5.92 Å².